The van der Waals surface area contributed by atoms with Crippen LogP contribution in [0.25, 0.3) is 5.57 Å². The number of hydrogen-bond acceptors (Lipinski definition) is 7. The molecule has 2 aromatic rings. The SMILES string of the molecule is O=C(CN1C(=O)/C(=C2\SC(=S)N([C@@H]3CCS(=O)(=O)C3)C2=O)c2ccccc21)Nc1cccc(Cl)c1. The van der Waals surface area contributed by atoms with E-state index in [9.17, 15) is 22.8 Å². The minimum absolute atomic E-state index is 0.00207. The molecular weight excluding hydrogens is 530 g/mol. The van der Waals surface area contributed by atoms with Crippen molar-refractivity contribution in [3.05, 3.63) is 64.0 Å². The topological polar surface area (TPSA) is 104 Å². The van der Waals surface area contributed by atoms with Crippen LogP contribution in [0.15, 0.2) is 53.4 Å². The van der Waals surface area contributed by atoms with Crippen molar-refractivity contribution >= 4 is 84.4 Å². The molecule has 0 aliphatic carbocycles. The number of nitrogens with zero attached hydrogens (tertiary/aromatic N) is 2. The second-order valence-corrected chi connectivity index (χ2v) is 12.6. The van der Waals surface area contributed by atoms with Crippen LogP contribution in [-0.2, 0) is 24.2 Å². The Balaban J connectivity index is 1.45. The van der Waals surface area contributed by atoms with Crippen molar-refractivity contribution in [2.75, 3.05) is 28.3 Å². The molecule has 0 bridgehead atoms. The lowest BCUT2D eigenvalue weighted by Crippen LogP contribution is -2.39. The molecule has 2 aromatic carbocycles. The summed E-state index contributed by atoms with van der Waals surface area (Å²) in [5.41, 5.74) is 1.68. The largest absolute Gasteiger partial charge is 0.324 e. The Morgan fingerprint density at radius 2 is 1.91 bits per heavy atom. The first kappa shape index (κ1) is 24.0. The van der Waals surface area contributed by atoms with Crippen molar-refractivity contribution in [2.24, 2.45) is 0 Å². The number of halogens is 1. The Kier molecular flexibility index (Phi) is 6.20. The molecule has 1 atom stereocenters. The Morgan fingerprint density at radius 1 is 1.14 bits per heavy atom. The Labute approximate surface area is 216 Å². The van der Waals surface area contributed by atoms with Crippen LogP contribution in [0, 0.1) is 0 Å². The molecule has 0 saturated carbocycles. The van der Waals surface area contributed by atoms with Gasteiger partial charge in [-0.25, -0.2) is 8.42 Å². The highest BCUT2D eigenvalue weighted by Crippen LogP contribution is 2.45. The van der Waals surface area contributed by atoms with Crippen molar-refractivity contribution in [3.63, 3.8) is 0 Å². The van der Waals surface area contributed by atoms with Gasteiger partial charge in [0.15, 0.2) is 9.84 Å². The number of carbonyl (C=O) groups excluding carboxylic acids is 3. The number of benzene rings is 2. The zero-order valence-corrected chi connectivity index (χ0v) is 21.3. The van der Waals surface area contributed by atoms with Crippen molar-refractivity contribution in [2.45, 2.75) is 12.5 Å². The fourth-order valence-electron chi connectivity index (χ4n) is 4.39. The van der Waals surface area contributed by atoms with E-state index in [1.165, 1.54) is 9.80 Å². The molecular formula is C23H18ClN3O5S3. The fraction of sp³-hybridized carbons (Fsp3) is 0.217. The Hall–Kier alpha value is -2.73. The highest BCUT2D eigenvalue weighted by molar-refractivity contribution is 8.26. The number of para-hydroxylation sites is 1. The normalized spacial score (nSPS) is 23.2. The minimum Gasteiger partial charge on any atom is -0.324 e. The number of thioether (sulfide) groups is 1. The zero-order valence-electron chi connectivity index (χ0n) is 18.1. The Bertz CT molecular complexity index is 1440. The molecule has 0 unspecified atom stereocenters. The summed E-state index contributed by atoms with van der Waals surface area (Å²) in [5, 5.41) is 3.18. The number of rotatable bonds is 4. The lowest BCUT2D eigenvalue weighted by molar-refractivity contribution is -0.123. The van der Waals surface area contributed by atoms with Gasteiger partial charge in [0.05, 0.1) is 33.7 Å². The molecule has 3 aliphatic rings. The summed E-state index contributed by atoms with van der Waals surface area (Å²) in [4.78, 5) is 42.4. The molecule has 8 nitrogen and oxygen atoms in total. The van der Waals surface area contributed by atoms with Gasteiger partial charge in [0, 0.05) is 16.3 Å². The van der Waals surface area contributed by atoms with E-state index in [2.05, 4.69) is 5.32 Å². The van der Waals surface area contributed by atoms with Gasteiger partial charge in [0.25, 0.3) is 11.8 Å². The summed E-state index contributed by atoms with van der Waals surface area (Å²) in [6.45, 7) is -0.271. The summed E-state index contributed by atoms with van der Waals surface area (Å²) < 4.78 is 24.1. The van der Waals surface area contributed by atoms with E-state index in [4.69, 9.17) is 23.8 Å². The van der Waals surface area contributed by atoms with E-state index in [0.717, 1.165) is 11.8 Å². The molecule has 3 amide bonds. The monoisotopic (exact) mass is 547 g/mol. The van der Waals surface area contributed by atoms with Crippen molar-refractivity contribution in [3.8, 4) is 0 Å². The highest BCUT2D eigenvalue weighted by Gasteiger charge is 2.46. The van der Waals surface area contributed by atoms with Gasteiger partial charge in [-0.2, -0.15) is 0 Å². The second-order valence-electron chi connectivity index (χ2n) is 8.27. The number of amides is 3. The van der Waals surface area contributed by atoms with Crippen LogP contribution in [0.2, 0.25) is 5.02 Å². The average Bonchev–Trinajstić information content (AvgIpc) is 3.39. The van der Waals surface area contributed by atoms with Gasteiger partial charge in [-0.15, -0.1) is 0 Å². The lowest BCUT2D eigenvalue weighted by Gasteiger charge is -2.21. The molecule has 12 heteroatoms. The van der Waals surface area contributed by atoms with E-state index < -0.39 is 33.6 Å². The van der Waals surface area contributed by atoms with Gasteiger partial charge in [0.1, 0.15) is 10.9 Å². The second kappa shape index (κ2) is 9.05. The van der Waals surface area contributed by atoms with E-state index in [1.807, 2.05) is 0 Å². The molecule has 3 heterocycles. The summed E-state index contributed by atoms with van der Waals surface area (Å²) >= 11 is 12.4. The molecule has 5 rings (SSSR count). The van der Waals surface area contributed by atoms with E-state index >= 15 is 0 Å². The lowest BCUT2D eigenvalue weighted by atomic mass is 10.1. The molecule has 2 saturated heterocycles. The first-order chi connectivity index (χ1) is 16.6. The summed E-state index contributed by atoms with van der Waals surface area (Å²) in [5.74, 6) is -1.56. The van der Waals surface area contributed by atoms with Crippen molar-refractivity contribution in [1.82, 2.24) is 4.90 Å². The number of nitrogens with one attached hydrogen (secondary N) is 1. The zero-order chi connectivity index (χ0) is 24.9. The summed E-state index contributed by atoms with van der Waals surface area (Å²) in [7, 11) is -3.23. The third kappa shape index (κ3) is 4.49. The van der Waals surface area contributed by atoms with Crippen LogP contribution in [0.5, 0.6) is 0 Å². The maximum absolute atomic E-state index is 13.5. The van der Waals surface area contributed by atoms with E-state index in [0.29, 0.717) is 28.4 Å². The first-order valence-electron chi connectivity index (χ1n) is 10.6. The number of carbonyl (C=O) groups is 3. The molecule has 2 fully saturated rings. The first-order valence-corrected chi connectivity index (χ1v) is 14.0. The van der Waals surface area contributed by atoms with Crippen LogP contribution in [0.4, 0.5) is 11.4 Å². The van der Waals surface area contributed by atoms with Gasteiger partial charge >= 0.3 is 0 Å². The molecule has 0 radical (unpaired) electrons. The van der Waals surface area contributed by atoms with Crippen LogP contribution in [0.1, 0.15) is 12.0 Å². The molecule has 180 valence electrons. The molecule has 35 heavy (non-hydrogen) atoms. The average molecular weight is 548 g/mol. The van der Waals surface area contributed by atoms with E-state index in [-0.39, 0.29) is 32.8 Å². The number of hydrogen-bond donors (Lipinski definition) is 1. The standard InChI is InChI=1S/C23H18ClN3O5S3/c24-13-4-3-5-14(10-13)25-18(28)11-26-17-7-2-1-6-16(17)19(21(26)29)20-22(30)27(23(33)34-20)15-8-9-35(31,32)12-15/h1-7,10,15H,8-9,11-12H2,(H,25,28)/b20-19-/t15-/m1/s1. The van der Waals surface area contributed by atoms with Crippen LogP contribution in [-0.4, -0.2) is 59.5 Å². The van der Waals surface area contributed by atoms with Crippen molar-refractivity contribution < 1.29 is 22.8 Å². The summed E-state index contributed by atoms with van der Waals surface area (Å²) in [6.07, 6.45) is 0.303. The smallest absolute Gasteiger partial charge is 0.267 e. The molecule has 3 aliphatic heterocycles. The maximum Gasteiger partial charge on any atom is 0.267 e. The predicted octanol–water partition coefficient (Wildman–Crippen LogP) is 3.08. The molecule has 0 spiro atoms. The predicted molar refractivity (Wildman–Crippen MR) is 140 cm³/mol. The third-order valence-electron chi connectivity index (χ3n) is 5.93. The van der Waals surface area contributed by atoms with Crippen LogP contribution < -0.4 is 10.2 Å². The number of thiocarbonyl (C=S) groups is 1. The molecule has 1 N–H and O–H groups in total. The van der Waals surface area contributed by atoms with E-state index in [1.54, 1.807) is 48.5 Å². The third-order valence-corrected chi connectivity index (χ3v) is 9.32. The van der Waals surface area contributed by atoms with Crippen molar-refractivity contribution in [1.29, 1.82) is 0 Å². The maximum atomic E-state index is 13.5. The quantitative estimate of drug-likeness (QED) is 0.463. The van der Waals surface area contributed by atoms with Gasteiger partial charge < -0.3 is 5.32 Å². The minimum atomic E-state index is -3.23. The fourth-order valence-corrected chi connectivity index (χ4v) is 7.75. The molecule has 0 aromatic heterocycles. The van der Waals surface area contributed by atoms with Gasteiger partial charge in [-0.3, -0.25) is 24.2 Å². The Morgan fingerprint density at radius 3 is 2.63 bits per heavy atom. The van der Waals surface area contributed by atoms with Crippen LogP contribution >= 0.6 is 35.6 Å². The summed E-state index contributed by atoms with van der Waals surface area (Å²) in [6, 6.07) is 13.0. The van der Waals surface area contributed by atoms with Gasteiger partial charge in [-0.1, -0.05) is 59.8 Å². The number of fused-ring (bicyclic) bond motifs is 1. The van der Waals surface area contributed by atoms with Gasteiger partial charge in [-0.05, 0) is 30.7 Å². The number of sulfone groups is 1. The van der Waals surface area contributed by atoms with Crippen LogP contribution in [0.3, 0.4) is 0 Å². The van der Waals surface area contributed by atoms with Gasteiger partial charge in [0.2, 0.25) is 5.91 Å². The highest BCUT2D eigenvalue weighted by atomic mass is 35.5. The number of anilines is 2.